The maximum Gasteiger partial charge on any atom is 0.0943 e. The predicted molar refractivity (Wildman–Crippen MR) is 76.0 cm³/mol. The number of aryl methyl sites for hydroxylation is 1. The van der Waals surface area contributed by atoms with Crippen LogP contribution in [-0.2, 0) is 12.8 Å². The van der Waals surface area contributed by atoms with Crippen LogP contribution < -0.4 is 5.32 Å². The molecular weight excluding hydrogens is 242 g/mol. The molecule has 0 spiro atoms. The largest absolute Gasteiger partial charge is 0.314 e. The monoisotopic (exact) mass is 261 g/mol. The zero-order chi connectivity index (χ0) is 12.8. The summed E-state index contributed by atoms with van der Waals surface area (Å²) in [5, 5.41) is 6.87. The molecule has 1 N–H and O–H groups in total. The molecule has 0 fully saturated rings. The second-order valence-electron chi connectivity index (χ2n) is 4.40. The van der Waals surface area contributed by atoms with Crippen LogP contribution in [0.3, 0.4) is 0 Å². The van der Waals surface area contributed by atoms with E-state index in [0.717, 1.165) is 25.1 Å². The Hall–Kier alpha value is -1.26. The Balaban J connectivity index is 1.99. The molecule has 0 bridgehead atoms. The average Bonchev–Trinajstić information content (AvgIpc) is 2.76. The molecule has 0 amide bonds. The quantitative estimate of drug-likeness (QED) is 0.868. The topological polar surface area (TPSA) is 37.8 Å². The summed E-state index contributed by atoms with van der Waals surface area (Å²) >= 11 is 1.75. The lowest BCUT2D eigenvalue weighted by atomic mass is 10.0. The number of aromatic nitrogens is 2. The van der Waals surface area contributed by atoms with Gasteiger partial charge in [0, 0.05) is 35.9 Å². The van der Waals surface area contributed by atoms with Gasteiger partial charge in [-0.15, -0.1) is 11.3 Å². The van der Waals surface area contributed by atoms with Gasteiger partial charge < -0.3 is 5.32 Å². The molecule has 3 nitrogen and oxygen atoms in total. The lowest BCUT2D eigenvalue weighted by molar-refractivity contribution is 0.520. The molecule has 0 saturated heterocycles. The molecular formula is C14H19N3S. The third kappa shape index (κ3) is 3.89. The number of hydrogen-bond donors (Lipinski definition) is 1. The minimum atomic E-state index is 0.447. The number of nitrogens with zero attached hydrogens (tertiary/aromatic N) is 2. The van der Waals surface area contributed by atoms with Gasteiger partial charge >= 0.3 is 0 Å². The van der Waals surface area contributed by atoms with E-state index in [2.05, 4.69) is 39.7 Å². The molecule has 18 heavy (non-hydrogen) atoms. The second-order valence-corrected chi connectivity index (χ2v) is 5.34. The fraction of sp³-hybridized carbons (Fsp3) is 0.429. The highest BCUT2D eigenvalue weighted by atomic mass is 32.1. The van der Waals surface area contributed by atoms with E-state index in [4.69, 9.17) is 0 Å². The standard InChI is InChI=1S/C14H19N3S/c1-3-16-13(8-12-4-6-15-7-5-12)9-14-17-11(2)10-18-14/h4-7,10,13,16H,3,8-9H2,1-2H3. The van der Waals surface area contributed by atoms with Gasteiger partial charge in [0.05, 0.1) is 5.01 Å². The Morgan fingerprint density at radius 3 is 2.67 bits per heavy atom. The van der Waals surface area contributed by atoms with Crippen LogP contribution >= 0.6 is 11.3 Å². The summed E-state index contributed by atoms with van der Waals surface area (Å²) in [6, 6.07) is 4.61. The summed E-state index contributed by atoms with van der Waals surface area (Å²) in [4.78, 5) is 8.60. The maximum absolute atomic E-state index is 4.54. The van der Waals surface area contributed by atoms with Crippen molar-refractivity contribution >= 4 is 11.3 Å². The number of thiazole rings is 1. The summed E-state index contributed by atoms with van der Waals surface area (Å²) in [5.41, 5.74) is 2.44. The number of nitrogens with one attached hydrogen (secondary N) is 1. The van der Waals surface area contributed by atoms with Gasteiger partial charge in [0.2, 0.25) is 0 Å². The van der Waals surface area contributed by atoms with Crippen LogP contribution in [0.25, 0.3) is 0 Å². The minimum absolute atomic E-state index is 0.447. The summed E-state index contributed by atoms with van der Waals surface area (Å²) in [6.07, 6.45) is 5.72. The molecule has 0 aliphatic rings. The van der Waals surface area contributed by atoms with Crippen molar-refractivity contribution < 1.29 is 0 Å². The van der Waals surface area contributed by atoms with E-state index in [1.54, 1.807) is 11.3 Å². The number of hydrogen-bond acceptors (Lipinski definition) is 4. The highest BCUT2D eigenvalue weighted by molar-refractivity contribution is 7.09. The number of rotatable bonds is 6. The zero-order valence-electron chi connectivity index (χ0n) is 10.9. The van der Waals surface area contributed by atoms with Crippen molar-refractivity contribution in [1.29, 1.82) is 0 Å². The van der Waals surface area contributed by atoms with E-state index in [9.17, 15) is 0 Å². The molecule has 4 heteroatoms. The molecule has 2 aromatic heterocycles. The van der Waals surface area contributed by atoms with E-state index < -0.39 is 0 Å². The van der Waals surface area contributed by atoms with Crippen LogP contribution in [0, 0.1) is 6.92 Å². The molecule has 0 aliphatic heterocycles. The molecule has 0 saturated carbocycles. The number of likely N-dealkylation sites (N-methyl/N-ethyl adjacent to an activating group) is 1. The summed E-state index contributed by atoms with van der Waals surface area (Å²) in [5.74, 6) is 0. The lowest BCUT2D eigenvalue weighted by Gasteiger charge is -2.16. The van der Waals surface area contributed by atoms with Crippen molar-refractivity contribution in [2.45, 2.75) is 32.7 Å². The van der Waals surface area contributed by atoms with Crippen molar-refractivity contribution in [2.75, 3.05) is 6.54 Å². The summed E-state index contributed by atoms with van der Waals surface area (Å²) in [6.45, 7) is 5.18. The van der Waals surface area contributed by atoms with Crippen LogP contribution in [0.2, 0.25) is 0 Å². The molecule has 2 rings (SSSR count). The van der Waals surface area contributed by atoms with Gasteiger partial charge in [0.1, 0.15) is 0 Å². The Morgan fingerprint density at radius 2 is 2.06 bits per heavy atom. The van der Waals surface area contributed by atoms with Gasteiger partial charge in [-0.25, -0.2) is 4.98 Å². The third-order valence-corrected chi connectivity index (χ3v) is 3.80. The molecule has 1 unspecified atom stereocenters. The van der Waals surface area contributed by atoms with Crippen LogP contribution in [0.15, 0.2) is 29.9 Å². The fourth-order valence-corrected chi connectivity index (χ4v) is 2.87. The van der Waals surface area contributed by atoms with Crippen molar-refractivity contribution in [2.24, 2.45) is 0 Å². The summed E-state index contributed by atoms with van der Waals surface area (Å²) in [7, 11) is 0. The van der Waals surface area contributed by atoms with E-state index in [-0.39, 0.29) is 0 Å². The third-order valence-electron chi connectivity index (χ3n) is 2.81. The molecule has 2 heterocycles. The number of pyridine rings is 1. The SMILES string of the molecule is CCNC(Cc1ccncc1)Cc1nc(C)cs1. The first-order valence-electron chi connectivity index (χ1n) is 6.31. The Bertz CT molecular complexity index is 467. The van der Waals surface area contributed by atoms with Gasteiger partial charge in [0.25, 0.3) is 0 Å². The highest BCUT2D eigenvalue weighted by Crippen LogP contribution is 2.13. The first-order chi connectivity index (χ1) is 8.78. The highest BCUT2D eigenvalue weighted by Gasteiger charge is 2.11. The van der Waals surface area contributed by atoms with Crippen LogP contribution in [0.5, 0.6) is 0 Å². The Labute approximate surface area is 112 Å². The van der Waals surface area contributed by atoms with Crippen molar-refractivity contribution in [3.05, 3.63) is 46.2 Å². The first-order valence-corrected chi connectivity index (χ1v) is 7.19. The Morgan fingerprint density at radius 1 is 1.28 bits per heavy atom. The van der Waals surface area contributed by atoms with Crippen molar-refractivity contribution in [3.8, 4) is 0 Å². The minimum Gasteiger partial charge on any atom is -0.314 e. The van der Waals surface area contributed by atoms with E-state index in [1.165, 1.54) is 10.6 Å². The van der Waals surface area contributed by atoms with Crippen molar-refractivity contribution in [1.82, 2.24) is 15.3 Å². The maximum atomic E-state index is 4.54. The van der Waals surface area contributed by atoms with Crippen LogP contribution in [0.4, 0.5) is 0 Å². The summed E-state index contributed by atoms with van der Waals surface area (Å²) < 4.78 is 0. The van der Waals surface area contributed by atoms with Gasteiger partial charge in [-0.3, -0.25) is 4.98 Å². The molecule has 0 radical (unpaired) electrons. The first kappa shape index (κ1) is 13.2. The fourth-order valence-electron chi connectivity index (χ4n) is 2.02. The van der Waals surface area contributed by atoms with Gasteiger partial charge in [-0.2, -0.15) is 0 Å². The smallest absolute Gasteiger partial charge is 0.0943 e. The Kier molecular flexibility index (Phi) is 4.84. The molecule has 2 aromatic rings. The second kappa shape index (κ2) is 6.61. The van der Waals surface area contributed by atoms with Crippen LogP contribution in [0.1, 0.15) is 23.2 Å². The average molecular weight is 261 g/mol. The van der Waals surface area contributed by atoms with E-state index in [1.807, 2.05) is 19.3 Å². The normalized spacial score (nSPS) is 12.6. The van der Waals surface area contributed by atoms with Gasteiger partial charge in [0.15, 0.2) is 0 Å². The van der Waals surface area contributed by atoms with Gasteiger partial charge in [-0.1, -0.05) is 6.92 Å². The van der Waals surface area contributed by atoms with Crippen molar-refractivity contribution in [3.63, 3.8) is 0 Å². The van der Waals surface area contributed by atoms with Crippen LogP contribution in [-0.4, -0.2) is 22.6 Å². The molecule has 0 aromatic carbocycles. The predicted octanol–water partition coefficient (Wildman–Crippen LogP) is 2.61. The zero-order valence-corrected chi connectivity index (χ0v) is 11.7. The molecule has 0 aliphatic carbocycles. The molecule has 96 valence electrons. The van der Waals surface area contributed by atoms with E-state index >= 15 is 0 Å². The van der Waals surface area contributed by atoms with E-state index in [0.29, 0.717) is 6.04 Å². The van der Waals surface area contributed by atoms with Gasteiger partial charge in [-0.05, 0) is 37.6 Å². The lowest BCUT2D eigenvalue weighted by Crippen LogP contribution is -2.33. The molecule has 1 atom stereocenters.